The van der Waals surface area contributed by atoms with Gasteiger partial charge in [-0.05, 0) is 13.0 Å². The first kappa shape index (κ1) is 15.4. The molecule has 0 aromatic carbocycles. The highest BCUT2D eigenvalue weighted by Crippen LogP contribution is 2.32. The summed E-state index contributed by atoms with van der Waals surface area (Å²) in [7, 11) is 0. The Bertz CT molecular complexity index is 513. The fourth-order valence-corrected chi connectivity index (χ4v) is 3.41. The average Bonchev–Trinajstić information content (AvgIpc) is 2.77. The highest BCUT2D eigenvalue weighted by Gasteiger charge is 2.27. The number of hydrogen-bond acceptors (Lipinski definition) is 4. The number of thiophene rings is 1. The van der Waals surface area contributed by atoms with Crippen molar-refractivity contribution in [3.8, 4) is 0 Å². The summed E-state index contributed by atoms with van der Waals surface area (Å²) in [6.07, 6.45) is -0.337. The quantitative estimate of drug-likeness (QED) is 0.834. The molecule has 0 atom stereocenters. The second-order valence-electron chi connectivity index (χ2n) is 4.22. The number of hydrogen-bond donors (Lipinski definition) is 0. The van der Waals surface area contributed by atoms with Crippen LogP contribution in [-0.2, 0) is 4.74 Å². The molecule has 0 radical (unpaired) electrons. The molecule has 1 aliphatic rings. The summed E-state index contributed by atoms with van der Waals surface area (Å²) < 4.78 is 5.82. The number of piperazine rings is 1. The summed E-state index contributed by atoms with van der Waals surface area (Å²) in [5.41, 5.74) is 0.422. The van der Waals surface area contributed by atoms with E-state index in [1.54, 1.807) is 22.8 Å². The van der Waals surface area contributed by atoms with Gasteiger partial charge in [-0.3, -0.25) is 4.79 Å². The second kappa shape index (κ2) is 6.65. The third kappa shape index (κ3) is 3.37. The van der Waals surface area contributed by atoms with E-state index in [0.29, 0.717) is 47.0 Å². The largest absolute Gasteiger partial charge is 0.450 e. The summed E-state index contributed by atoms with van der Waals surface area (Å²) in [6.45, 7) is 3.95. The van der Waals surface area contributed by atoms with Crippen molar-refractivity contribution in [3.05, 3.63) is 20.3 Å². The van der Waals surface area contributed by atoms with Crippen molar-refractivity contribution in [1.82, 2.24) is 9.80 Å². The molecule has 0 spiro atoms. The van der Waals surface area contributed by atoms with Gasteiger partial charge in [0.05, 0.1) is 16.5 Å². The number of rotatable bonds is 2. The van der Waals surface area contributed by atoms with Crippen LogP contribution in [0.15, 0.2) is 6.07 Å². The summed E-state index contributed by atoms with van der Waals surface area (Å²) >= 11 is 13.0. The average molecular weight is 337 g/mol. The van der Waals surface area contributed by atoms with Crippen LogP contribution >= 0.6 is 34.5 Å². The summed E-state index contributed by atoms with van der Waals surface area (Å²) in [5, 5.41) is 0. The number of carbonyl (C=O) groups excluding carboxylic acids is 2. The third-order valence-corrected chi connectivity index (χ3v) is 4.47. The number of ether oxygens (including phenoxy) is 1. The predicted octanol–water partition coefficient (Wildman–Crippen LogP) is 2.97. The molecular weight excluding hydrogens is 323 g/mol. The molecule has 8 heteroatoms. The fraction of sp³-hybridized carbons (Fsp3) is 0.500. The lowest BCUT2D eigenvalue weighted by atomic mass is 10.2. The van der Waals surface area contributed by atoms with E-state index in [-0.39, 0.29) is 12.0 Å². The first-order valence-electron chi connectivity index (χ1n) is 6.18. The van der Waals surface area contributed by atoms with Gasteiger partial charge in [0.2, 0.25) is 0 Å². The van der Waals surface area contributed by atoms with Crippen LogP contribution in [0.2, 0.25) is 8.67 Å². The van der Waals surface area contributed by atoms with Gasteiger partial charge in [0.15, 0.2) is 0 Å². The van der Waals surface area contributed by atoms with E-state index in [0.717, 1.165) is 0 Å². The van der Waals surface area contributed by atoms with Gasteiger partial charge < -0.3 is 14.5 Å². The van der Waals surface area contributed by atoms with Crippen molar-refractivity contribution < 1.29 is 14.3 Å². The maximum Gasteiger partial charge on any atom is 0.409 e. The zero-order chi connectivity index (χ0) is 14.7. The number of carbonyl (C=O) groups is 2. The fourth-order valence-electron chi connectivity index (χ4n) is 1.96. The Balaban J connectivity index is 1.95. The van der Waals surface area contributed by atoms with E-state index >= 15 is 0 Å². The van der Waals surface area contributed by atoms with Crippen LogP contribution in [0.4, 0.5) is 4.79 Å². The molecule has 0 unspecified atom stereocenters. The first-order valence-corrected chi connectivity index (χ1v) is 7.76. The van der Waals surface area contributed by atoms with Crippen LogP contribution in [0.5, 0.6) is 0 Å². The SMILES string of the molecule is CCOC(=O)N1CCN(C(=O)c2cc(Cl)sc2Cl)CC1. The normalized spacial score (nSPS) is 15.3. The van der Waals surface area contributed by atoms with E-state index in [2.05, 4.69) is 0 Å². The molecule has 2 amide bonds. The number of amides is 2. The van der Waals surface area contributed by atoms with Gasteiger partial charge in [-0.2, -0.15) is 0 Å². The zero-order valence-corrected chi connectivity index (χ0v) is 13.2. The Labute approximate surface area is 131 Å². The van der Waals surface area contributed by atoms with Gasteiger partial charge in [0.25, 0.3) is 5.91 Å². The molecule has 1 fully saturated rings. The first-order chi connectivity index (χ1) is 9.52. The molecule has 20 heavy (non-hydrogen) atoms. The lowest BCUT2D eigenvalue weighted by molar-refractivity contribution is 0.0571. The second-order valence-corrected chi connectivity index (χ2v) is 6.50. The Kier molecular flexibility index (Phi) is 5.12. The van der Waals surface area contributed by atoms with Gasteiger partial charge in [-0.15, -0.1) is 11.3 Å². The molecule has 1 aliphatic heterocycles. The minimum Gasteiger partial charge on any atom is -0.450 e. The van der Waals surface area contributed by atoms with E-state index in [1.165, 1.54) is 11.3 Å². The maximum absolute atomic E-state index is 12.3. The van der Waals surface area contributed by atoms with Crippen molar-refractivity contribution >= 4 is 46.5 Å². The predicted molar refractivity (Wildman–Crippen MR) is 78.8 cm³/mol. The number of halogens is 2. The maximum atomic E-state index is 12.3. The van der Waals surface area contributed by atoms with Crippen molar-refractivity contribution in [3.63, 3.8) is 0 Å². The Hall–Kier alpha value is -0.980. The van der Waals surface area contributed by atoms with Gasteiger partial charge in [0, 0.05) is 26.2 Å². The summed E-state index contributed by atoms with van der Waals surface area (Å²) in [6, 6.07) is 1.58. The smallest absolute Gasteiger partial charge is 0.409 e. The van der Waals surface area contributed by atoms with Crippen LogP contribution in [0, 0.1) is 0 Å². The molecule has 0 N–H and O–H groups in total. The zero-order valence-electron chi connectivity index (χ0n) is 10.9. The van der Waals surface area contributed by atoms with Crippen LogP contribution in [0.25, 0.3) is 0 Å². The van der Waals surface area contributed by atoms with Crippen molar-refractivity contribution in [1.29, 1.82) is 0 Å². The molecule has 1 aromatic heterocycles. The van der Waals surface area contributed by atoms with E-state index in [4.69, 9.17) is 27.9 Å². The number of nitrogens with zero attached hydrogens (tertiary/aromatic N) is 2. The van der Waals surface area contributed by atoms with E-state index < -0.39 is 0 Å². The topological polar surface area (TPSA) is 49.9 Å². The third-order valence-electron chi connectivity index (χ3n) is 2.98. The van der Waals surface area contributed by atoms with Crippen LogP contribution in [0.1, 0.15) is 17.3 Å². The van der Waals surface area contributed by atoms with Crippen molar-refractivity contribution in [2.45, 2.75) is 6.92 Å². The Morgan fingerprint density at radius 2 is 1.85 bits per heavy atom. The molecule has 0 bridgehead atoms. The lowest BCUT2D eigenvalue weighted by Crippen LogP contribution is -2.50. The standard InChI is InChI=1S/C12H14Cl2N2O3S/c1-2-19-12(18)16-5-3-15(4-6-16)11(17)8-7-9(13)20-10(8)14/h7H,2-6H2,1H3. The summed E-state index contributed by atoms with van der Waals surface area (Å²) in [5.74, 6) is -0.151. The van der Waals surface area contributed by atoms with Gasteiger partial charge in [-0.1, -0.05) is 23.2 Å². The van der Waals surface area contributed by atoms with Crippen LogP contribution < -0.4 is 0 Å². The minimum absolute atomic E-state index is 0.151. The van der Waals surface area contributed by atoms with Gasteiger partial charge in [-0.25, -0.2) is 4.79 Å². The minimum atomic E-state index is -0.337. The van der Waals surface area contributed by atoms with Crippen LogP contribution in [-0.4, -0.2) is 54.6 Å². The highest BCUT2D eigenvalue weighted by molar-refractivity contribution is 7.20. The van der Waals surface area contributed by atoms with Gasteiger partial charge >= 0.3 is 6.09 Å². The van der Waals surface area contributed by atoms with Crippen molar-refractivity contribution in [2.24, 2.45) is 0 Å². The van der Waals surface area contributed by atoms with Crippen LogP contribution in [0.3, 0.4) is 0 Å². The lowest BCUT2D eigenvalue weighted by Gasteiger charge is -2.33. The molecular formula is C12H14Cl2N2O3S. The molecule has 110 valence electrons. The van der Waals surface area contributed by atoms with E-state index in [9.17, 15) is 9.59 Å². The van der Waals surface area contributed by atoms with Gasteiger partial charge in [0.1, 0.15) is 4.34 Å². The summed E-state index contributed by atoms with van der Waals surface area (Å²) in [4.78, 5) is 27.1. The van der Waals surface area contributed by atoms with E-state index in [1.807, 2.05) is 0 Å². The molecule has 0 saturated carbocycles. The Morgan fingerprint density at radius 3 is 2.35 bits per heavy atom. The molecule has 5 nitrogen and oxygen atoms in total. The molecule has 2 heterocycles. The molecule has 1 saturated heterocycles. The monoisotopic (exact) mass is 336 g/mol. The molecule has 1 aromatic rings. The molecule has 2 rings (SSSR count). The Morgan fingerprint density at radius 1 is 1.25 bits per heavy atom. The highest BCUT2D eigenvalue weighted by atomic mass is 35.5. The van der Waals surface area contributed by atoms with Crippen molar-refractivity contribution in [2.75, 3.05) is 32.8 Å². The molecule has 0 aliphatic carbocycles.